The van der Waals surface area contributed by atoms with E-state index in [1.165, 1.54) is 6.21 Å². The summed E-state index contributed by atoms with van der Waals surface area (Å²) in [6.07, 6.45) is -1.83. The van der Waals surface area contributed by atoms with Crippen molar-refractivity contribution in [3.8, 4) is 28.4 Å². The molecule has 0 amide bonds. The summed E-state index contributed by atoms with van der Waals surface area (Å²) >= 11 is 6.62. The van der Waals surface area contributed by atoms with E-state index in [9.17, 15) is 13.9 Å². The van der Waals surface area contributed by atoms with E-state index in [4.69, 9.17) is 36.6 Å². The molecule has 0 saturated heterocycles. The zero-order chi connectivity index (χ0) is 29.0. The van der Waals surface area contributed by atoms with E-state index in [2.05, 4.69) is 15.5 Å². The fourth-order valence-corrected chi connectivity index (χ4v) is 4.64. The number of rotatable bonds is 11. The van der Waals surface area contributed by atoms with E-state index in [1.807, 2.05) is 18.7 Å². The number of aliphatic hydroxyl groups excluding tert-OH is 1. The molecule has 0 fully saturated rings. The number of hydrogen-bond donors (Lipinski definition) is 3. The molecule has 0 bridgehead atoms. The van der Waals surface area contributed by atoms with Gasteiger partial charge in [0, 0.05) is 41.7 Å². The van der Waals surface area contributed by atoms with Gasteiger partial charge in [0.15, 0.2) is 5.82 Å². The monoisotopic (exact) mass is 575 g/mol. The molecule has 13 heteroatoms. The fourth-order valence-electron chi connectivity index (χ4n) is 4.44. The molecule has 1 aromatic carbocycles. The maximum atomic E-state index is 12.6. The van der Waals surface area contributed by atoms with Crippen LogP contribution in [-0.4, -0.2) is 78.8 Å². The average Bonchev–Trinajstić information content (AvgIpc) is 3.44. The van der Waals surface area contributed by atoms with Crippen LogP contribution < -0.4 is 20.7 Å². The molecule has 0 radical (unpaired) electrons. The van der Waals surface area contributed by atoms with Crippen LogP contribution in [0.4, 0.5) is 14.6 Å². The van der Waals surface area contributed by atoms with Crippen molar-refractivity contribution in [2.75, 3.05) is 44.7 Å². The number of nitrogens with two attached hydrogens (primary N) is 1. The van der Waals surface area contributed by atoms with Crippen LogP contribution >= 0.6 is 11.6 Å². The van der Waals surface area contributed by atoms with Gasteiger partial charge < -0.3 is 30.3 Å². The molecular formula is C27H32ClF2N7O3. The smallest absolute Gasteiger partial charge is 0.257 e. The highest BCUT2D eigenvalue weighted by atomic mass is 35.5. The number of anilines is 1. The molecule has 1 aliphatic rings. The Bertz CT molecular complexity index is 1410. The number of nitrogens with one attached hydrogen (secondary N) is 1. The highest BCUT2D eigenvalue weighted by molar-refractivity contribution is 6.33. The molecule has 1 aliphatic heterocycles. The maximum absolute atomic E-state index is 12.6. The van der Waals surface area contributed by atoms with Gasteiger partial charge in [-0.2, -0.15) is 0 Å². The van der Waals surface area contributed by atoms with Crippen molar-refractivity contribution in [2.45, 2.75) is 33.3 Å². The van der Waals surface area contributed by atoms with Crippen LogP contribution in [0.1, 0.15) is 17.0 Å². The van der Waals surface area contributed by atoms with E-state index in [-0.39, 0.29) is 6.61 Å². The van der Waals surface area contributed by atoms with Crippen molar-refractivity contribution in [3.05, 3.63) is 51.5 Å². The molecule has 0 unspecified atom stereocenters. The summed E-state index contributed by atoms with van der Waals surface area (Å²) in [6.45, 7) is 6.06. The molecule has 40 heavy (non-hydrogen) atoms. The number of hydrogen-bond acceptors (Lipinski definition) is 10. The number of halogens is 3. The summed E-state index contributed by atoms with van der Waals surface area (Å²) < 4.78 is 36.4. The lowest BCUT2D eigenvalue weighted by atomic mass is 10.0. The van der Waals surface area contributed by atoms with Gasteiger partial charge in [0.25, 0.3) is 6.43 Å². The van der Waals surface area contributed by atoms with Gasteiger partial charge in [-0.25, -0.2) is 18.7 Å². The minimum atomic E-state index is -2.53. The lowest BCUT2D eigenvalue weighted by Crippen LogP contribution is -2.29. The van der Waals surface area contributed by atoms with Gasteiger partial charge in [-0.05, 0) is 46.0 Å². The standard InChI is InChI=1S/C27H32ClF2N7O3/c1-14-25(24-15(2)36-40-16(24)3)34-26(20-7-19(5-6-21(20)28)39-13-18(38)9-32-4)35-27(14)37-11-17(22(31)12-37)8-33-10-23(29)30/h5-8,18,23,32,38H,9-13,31H2,1-4H3/t18-/m1/s1. The molecular weight excluding hydrogens is 544 g/mol. The lowest BCUT2D eigenvalue weighted by Gasteiger charge is -2.22. The third-order valence-corrected chi connectivity index (χ3v) is 6.71. The van der Waals surface area contributed by atoms with Crippen molar-refractivity contribution in [2.24, 2.45) is 10.7 Å². The van der Waals surface area contributed by atoms with Crippen molar-refractivity contribution < 1.29 is 23.1 Å². The van der Waals surface area contributed by atoms with Crippen LogP contribution in [0.5, 0.6) is 5.75 Å². The lowest BCUT2D eigenvalue weighted by molar-refractivity contribution is 0.108. The third kappa shape index (κ3) is 6.57. The first-order valence-corrected chi connectivity index (χ1v) is 13.0. The summed E-state index contributed by atoms with van der Waals surface area (Å²) in [5, 5.41) is 17.4. The first-order chi connectivity index (χ1) is 19.1. The van der Waals surface area contributed by atoms with Crippen molar-refractivity contribution in [1.82, 2.24) is 20.4 Å². The zero-order valence-corrected chi connectivity index (χ0v) is 23.5. The van der Waals surface area contributed by atoms with E-state index in [0.717, 1.165) is 11.1 Å². The van der Waals surface area contributed by atoms with Crippen LogP contribution in [0, 0.1) is 20.8 Å². The largest absolute Gasteiger partial charge is 0.491 e. The predicted octanol–water partition coefficient (Wildman–Crippen LogP) is 3.71. The van der Waals surface area contributed by atoms with Crippen molar-refractivity contribution in [1.29, 1.82) is 0 Å². The third-order valence-electron chi connectivity index (χ3n) is 6.38. The number of aryl methyl sites for hydroxylation is 2. The number of benzene rings is 1. The molecule has 3 aromatic rings. The normalized spacial score (nSPS) is 14.7. The Balaban J connectivity index is 1.76. The molecule has 2 aromatic heterocycles. The topological polar surface area (TPSA) is 135 Å². The van der Waals surface area contributed by atoms with Gasteiger partial charge in [-0.3, -0.25) is 4.99 Å². The summed E-state index contributed by atoms with van der Waals surface area (Å²) in [5.41, 5.74) is 10.7. The number of likely N-dealkylation sites (N-methyl/N-ethyl adjacent to an activating group) is 1. The number of aliphatic hydroxyl groups is 1. The number of nitrogens with zero attached hydrogens (tertiary/aromatic N) is 5. The van der Waals surface area contributed by atoms with Crippen LogP contribution in [0.3, 0.4) is 0 Å². The Labute approximate surface area is 235 Å². The fraction of sp³-hybridized carbons (Fsp3) is 0.407. The molecule has 10 nitrogen and oxygen atoms in total. The van der Waals surface area contributed by atoms with Crippen LogP contribution in [0.25, 0.3) is 22.6 Å². The quantitative estimate of drug-likeness (QED) is 0.292. The molecule has 0 spiro atoms. The minimum absolute atomic E-state index is 0.0842. The van der Waals surface area contributed by atoms with Gasteiger partial charge >= 0.3 is 0 Å². The zero-order valence-electron chi connectivity index (χ0n) is 22.7. The van der Waals surface area contributed by atoms with Crippen LogP contribution in [0.2, 0.25) is 5.02 Å². The van der Waals surface area contributed by atoms with Gasteiger partial charge in [-0.15, -0.1) is 0 Å². The SMILES string of the molecule is CNC[C@@H](O)COc1ccc(Cl)c(-c2nc(-c3c(C)noc3C)c(C)c(N3CC(N)=C(C=NCC(F)F)C3)n2)c1. The van der Waals surface area contributed by atoms with Crippen LogP contribution in [0.15, 0.2) is 39.0 Å². The number of alkyl halides is 2. The number of aromatic nitrogens is 3. The van der Waals surface area contributed by atoms with E-state index in [1.54, 1.807) is 32.2 Å². The molecule has 4 rings (SSSR count). The van der Waals surface area contributed by atoms with Crippen LogP contribution in [-0.2, 0) is 0 Å². The Morgan fingerprint density at radius 2 is 2.05 bits per heavy atom. The predicted molar refractivity (Wildman–Crippen MR) is 150 cm³/mol. The molecule has 3 heterocycles. The highest BCUT2D eigenvalue weighted by Gasteiger charge is 2.27. The second-order valence-electron chi connectivity index (χ2n) is 9.50. The summed E-state index contributed by atoms with van der Waals surface area (Å²) in [6, 6.07) is 5.11. The van der Waals surface area contributed by atoms with E-state index in [0.29, 0.717) is 76.0 Å². The highest BCUT2D eigenvalue weighted by Crippen LogP contribution is 2.38. The Morgan fingerprint density at radius 1 is 1.27 bits per heavy atom. The van der Waals surface area contributed by atoms with E-state index < -0.39 is 19.1 Å². The van der Waals surface area contributed by atoms with Gasteiger partial charge in [0.05, 0.1) is 35.1 Å². The molecule has 1 atom stereocenters. The van der Waals surface area contributed by atoms with Gasteiger partial charge in [0.2, 0.25) is 0 Å². The van der Waals surface area contributed by atoms with Crippen molar-refractivity contribution in [3.63, 3.8) is 0 Å². The molecule has 214 valence electrons. The first kappa shape index (κ1) is 29.4. The minimum Gasteiger partial charge on any atom is -0.491 e. The Morgan fingerprint density at radius 3 is 2.73 bits per heavy atom. The second-order valence-corrected chi connectivity index (χ2v) is 9.91. The summed E-state index contributed by atoms with van der Waals surface area (Å²) in [4.78, 5) is 15.5. The number of aliphatic imine (C=N–C) groups is 1. The van der Waals surface area contributed by atoms with Gasteiger partial charge in [0.1, 0.15) is 30.0 Å². The van der Waals surface area contributed by atoms with Gasteiger partial charge in [-0.1, -0.05) is 16.8 Å². The average molecular weight is 576 g/mol. The Kier molecular flexibility index (Phi) is 9.33. The summed E-state index contributed by atoms with van der Waals surface area (Å²) in [7, 11) is 1.75. The van der Waals surface area contributed by atoms with Crippen molar-refractivity contribution >= 4 is 23.6 Å². The van der Waals surface area contributed by atoms with E-state index >= 15 is 0 Å². The second kappa shape index (κ2) is 12.7. The Hall–Kier alpha value is -3.61. The molecule has 0 aliphatic carbocycles. The molecule has 4 N–H and O–H groups in total. The maximum Gasteiger partial charge on any atom is 0.257 e. The first-order valence-electron chi connectivity index (χ1n) is 12.7. The summed E-state index contributed by atoms with van der Waals surface area (Å²) in [5.74, 6) is 2.01. The number of ether oxygens (including phenoxy) is 1. The molecule has 0 saturated carbocycles.